The van der Waals surface area contributed by atoms with E-state index in [1.807, 2.05) is 0 Å². The molecule has 0 aliphatic carbocycles. The van der Waals surface area contributed by atoms with Crippen molar-refractivity contribution in [2.45, 2.75) is 15.3 Å². The molecule has 0 unspecified atom stereocenters. The molecule has 0 amide bonds. The fraction of sp³-hybridized carbons (Fsp3) is 0.0588. The number of rotatable bonds is 6. The van der Waals surface area contributed by atoms with E-state index in [1.54, 1.807) is 0 Å². The van der Waals surface area contributed by atoms with Crippen LogP contribution in [0.4, 0.5) is 24.5 Å². The molecule has 2 aromatic carbocycles. The monoisotopic (exact) mass is 496 g/mol. The molecule has 0 atom stereocenters. The maximum atomic E-state index is 12.8. The van der Waals surface area contributed by atoms with Gasteiger partial charge in [-0.25, -0.2) is 16.8 Å². The van der Waals surface area contributed by atoms with Crippen molar-refractivity contribution in [3.8, 4) is 0 Å². The van der Waals surface area contributed by atoms with Gasteiger partial charge in [-0.2, -0.15) is 13.2 Å². The summed E-state index contributed by atoms with van der Waals surface area (Å²) in [7, 11) is -8.09. The fourth-order valence-electron chi connectivity index (χ4n) is 2.32. The Morgan fingerprint density at radius 3 is 2.00 bits per heavy atom. The lowest BCUT2D eigenvalue weighted by atomic mass is 10.2. The summed E-state index contributed by atoms with van der Waals surface area (Å²) in [6, 6.07) is 11.2. The summed E-state index contributed by atoms with van der Waals surface area (Å²) in [5.41, 5.74) is -1.16. The summed E-state index contributed by atoms with van der Waals surface area (Å²) in [6.07, 6.45) is -4.62. The number of anilines is 2. The Labute approximate surface area is 179 Å². The van der Waals surface area contributed by atoms with Crippen LogP contribution in [0.25, 0.3) is 0 Å². The van der Waals surface area contributed by atoms with Crippen molar-refractivity contribution in [3.05, 3.63) is 70.6 Å². The molecule has 0 radical (unpaired) electrons. The van der Waals surface area contributed by atoms with Crippen LogP contribution in [0.2, 0.25) is 4.34 Å². The molecule has 1 heterocycles. The molecule has 0 bridgehead atoms. The third-order valence-electron chi connectivity index (χ3n) is 3.67. The Morgan fingerprint density at radius 1 is 0.800 bits per heavy atom. The van der Waals surface area contributed by atoms with Crippen LogP contribution in [0.15, 0.2) is 69.8 Å². The van der Waals surface area contributed by atoms with Gasteiger partial charge in [0.15, 0.2) is 0 Å². The highest BCUT2D eigenvalue weighted by Crippen LogP contribution is 2.31. The molecule has 1 aromatic heterocycles. The highest BCUT2D eigenvalue weighted by Gasteiger charge is 2.30. The van der Waals surface area contributed by atoms with E-state index in [4.69, 9.17) is 11.6 Å². The Balaban J connectivity index is 1.78. The van der Waals surface area contributed by atoms with Crippen LogP contribution in [-0.2, 0) is 26.2 Å². The number of sulfonamides is 2. The first-order chi connectivity index (χ1) is 13.9. The fourth-order valence-corrected chi connectivity index (χ4v) is 5.91. The second-order valence-electron chi connectivity index (χ2n) is 5.87. The zero-order valence-electron chi connectivity index (χ0n) is 14.6. The summed E-state index contributed by atoms with van der Waals surface area (Å²) in [5, 5.41) is 0. The van der Waals surface area contributed by atoms with Gasteiger partial charge in [-0.05, 0) is 54.6 Å². The number of benzene rings is 2. The minimum absolute atomic E-state index is 0.0181. The molecule has 6 nitrogen and oxygen atoms in total. The quantitative estimate of drug-likeness (QED) is 0.501. The van der Waals surface area contributed by atoms with Gasteiger partial charge in [0.25, 0.3) is 20.0 Å². The first-order valence-electron chi connectivity index (χ1n) is 7.95. The molecule has 160 valence electrons. The molecule has 0 saturated carbocycles. The van der Waals surface area contributed by atoms with Crippen LogP contribution in [-0.4, -0.2) is 16.8 Å². The van der Waals surface area contributed by atoms with E-state index in [1.165, 1.54) is 30.3 Å². The van der Waals surface area contributed by atoms with E-state index in [9.17, 15) is 30.0 Å². The average molecular weight is 497 g/mol. The Hall–Kier alpha value is -2.28. The third-order valence-corrected chi connectivity index (χ3v) is 8.17. The smallest absolute Gasteiger partial charge is 0.280 e. The molecule has 3 rings (SSSR count). The number of alkyl halides is 3. The van der Waals surface area contributed by atoms with Crippen molar-refractivity contribution in [1.29, 1.82) is 0 Å². The van der Waals surface area contributed by atoms with E-state index in [0.717, 1.165) is 35.6 Å². The topological polar surface area (TPSA) is 92.3 Å². The maximum Gasteiger partial charge on any atom is 0.416 e. The van der Waals surface area contributed by atoms with E-state index in [0.29, 0.717) is 6.07 Å². The lowest BCUT2D eigenvalue weighted by Crippen LogP contribution is -2.15. The van der Waals surface area contributed by atoms with Gasteiger partial charge in [-0.15, -0.1) is 11.3 Å². The maximum absolute atomic E-state index is 12.8. The zero-order chi connectivity index (χ0) is 22.2. The van der Waals surface area contributed by atoms with Crippen molar-refractivity contribution in [1.82, 2.24) is 0 Å². The summed E-state index contributed by atoms with van der Waals surface area (Å²) >= 11 is 6.59. The second-order valence-corrected chi connectivity index (χ2v) is 11.2. The highest BCUT2D eigenvalue weighted by molar-refractivity contribution is 7.94. The van der Waals surface area contributed by atoms with Crippen molar-refractivity contribution < 1.29 is 30.0 Å². The largest absolute Gasteiger partial charge is 0.416 e. The van der Waals surface area contributed by atoms with Gasteiger partial charge in [-0.1, -0.05) is 17.7 Å². The first kappa shape index (κ1) is 22.4. The number of hydrogen-bond acceptors (Lipinski definition) is 5. The van der Waals surface area contributed by atoms with Crippen molar-refractivity contribution >= 4 is 54.4 Å². The van der Waals surface area contributed by atoms with Gasteiger partial charge in [-0.3, -0.25) is 9.44 Å². The number of thiophene rings is 1. The Bertz CT molecular complexity index is 1270. The van der Waals surface area contributed by atoms with E-state index in [-0.39, 0.29) is 24.8 Å². The Kier molecular flexibility index (Phi) is 6.05. The molecule has 0 saturated heterocycles. The molecule has 0 aliphatic heterocycles. The van der Waals surface area contributed by atoms with Gasteiger partial charge in [0.2, 0.25) is 0 Å². The molecule has 30 heavy (non-hydrogen) atoms. The number of hydrogen-bond donors (Lipinski definition) is 2. The van der Waals surface area contributed by atoms with Crippen LogP contribution in [0.5, 0.6) is 0 Å². The Morgan fingerprint density at radius 2 is 1.43 bits per heavy atom. The molecule has 3 aromatic rings. The van der Waals surface area contributed by atoms with Crippen molar-refractivity contribution in [2.24, 2.45) is 0 Å². The molecule has 0 aliphatic rings. The predicted molar refractivity (Wildman–Crippen MR) is 109 cm³/mol. The third kappa shape index (κ3) is 5.25. The van der Waals surface area contributed by atoms with Crippen LogP contribution < -0.4 is 9.44 Å². The predicted octanol–water partition coefficient (Wildman–Crippen LogP) is 5.02. The van der Waals surface area contributed by atoms with Gasteiger partial charge in [0, 0.05) is 11.4 Å². The minimum atomic E-state index is -4.62. The summed E-state index contributed by atoms with van der Waals surface area (Å²) in [4.78, 5) is -0.262. The van der Waals surface area contributed by atoms with Crippen LogP contribution in [0.3, 0.4) is 0 Å². The van der Waals surface area contributed by atoms with Crippen LogP contribution >= 0.6 is 22.9 Å². The van der Waals surface area contributed by atoms with Crippen molar-refractivity contribution in [3.63, 3.8) is 0 Å². The zero-order valence-corrected chi connectivity index (χ0v) is 17.8. The van der Waals surface area contributed by atoms with Crippen LogP contribution in [0.1, 0.15) is 5.56 Å². The van der Waals surface area contributed by atoms with Gasteiger partial charge < -0.3 is 0 Å². The summed E-state index contributed by atoms with van der Waals surface area (Å²) < 4.78 is 92.4. The first-order valence-corrected chi connectivity index (χ1v) is 12.1. The molecule has 0 spiro atoms. The summed E-state index contributed by atoms with van der Waals surface area (Å²) in [6.45, 7) is 0. The molecular weight excluding hydrogens is 485 g/mol. The number of nitrogens with one attached hydrogen (secondary N) is 2. The van der Waals surface area contributed by atoms with E-state index < -0.39 is 31.8 Å². The normalized spacial score (nSPS) is 12.5. The summed E-state index contributed by atoms with van der Waals surface area (Å²) in [5.74, 6) is 0. The number of halogens is 4. The molecule has 0 fully saturated rings. The second kappa shape index (κ2) is 8.10. The van der Waals surface area contributed by atoms with Gasteiger partial charge in [0.05, 0.1) is 14.8 Å². The highest BCUT2D eigenvalue weighted by atomic mass is 35.5. The molecule has 2 N–H and O–H groups in total. The average Bonchev–Trinajstić information content (AvgIpc) is 3.08. The molecular formula is C17H12ClF3N2O4S3. The SMILES string of the molecule is O=S(=O)(Nc1cccc(C(F)(F)F)c1)c1ccc(NS(=O)(=O)c2ccc(Cl)s2)cc1. The lowest BCUT2D eigenvalue weighted by molar-refractivity contribution is -0.137. The van der Waals surface area contributed by atoms with E-state index in [2.05, 4.69) is 9.44 Å². The van der Waals surface area contributed by atoms with Crippen molar-refractivity contribution in [2.75, 3.05) is 9.44 Å². The van der Waals surface area contributed by atoms with Gasteiger partial charge >= 0.3 is 6.18 Å². The lowest BCUT2D eigenvalue weighted by Gasteiger charge is -2.12. The van der Waals surface area contributed by atoms with Gasteiger partial charge in [0.1, 0.15) is 4.21 Å². The van der Waals surface area contributed by atoms with Crippen LogP contribution in [0, 0.1) is 0 Å². The molecule has 13 heteroatoms. The minimum Gasteiger partial charge on any atom is -0.280 e. The van der Waals surface area contributed by atoms with E-state index >= 15 is 0 Å². The standard InChI is InChI=1S/C17H12ClF3N2O4S3/c18-15-8-9-16(28-15)30(26,27)22-12-4-6-14(7-5-12)29(24,25)23-13-3-1-2-11(10-13)17(19,20)21/h1-10,22-23H.